The van der Waals surface area contributed by atoms with E-state index in [9.17, 15) is 13.6 Å². The molecule has 1 N–H and O–H groups in total. The molecule has 0 aliphatic carbocycles. The number of benzene rings is 2. The summed E-state index contributed by atoms with van der Waals surface area (Å²) in [5.74, 6) is -2.01. The van der Waals surface area contributed by atoms with Crippen LogP contribution in [0.3, 0.4) is 0 Å². The number of para-hydroxylation sites is 1. The van der Waals surface area contributed by atoms with Gasteiger partial charge in [-0.25, -0.2) is 8.78 Å². The standard InChI is InChI=1S/C16H13BClF2NOS/c1-8(22)14(10-6-5-9(19)7-11(10)17)16(23)21-15-12(18)3-2-4-13(15)20/h2-7,14H,17H2,1H3,(H,21,23). The van der Waals surface area contributed by atoms with Crippen LogP contribution in [0.4, 0.5) is 14.5 Å². The number of halogens is 3. The highest BCUT2D eigenvalue weighted by Gasteiger charge is 2.25. The lowest BCUT2D eigenvalue weighted by Crippen LogP contribution is -2.29. The van der Waals surface area contributed by atoms with Gasteiger partial charge < -0.3 is 5.32 Å². The predicted octanol–water partition coefficient (Wildman–Crippen LogP) is 2.99. The molecule has 0 saturated carbocycles. The first-order valence-corrected chi connectivity index (χ1v) is 7.61. The van der Waals surface area contributed by atoms with Crippen LogP contribution in [0.2, 0.25) is 5.02 Å². The van der Waals surface area contributed by atoms with Gasteiger partial charge in [-0.05, 0) is 36.8 Å². The van der Waals surface area contributed by atoms with Crippen molar-refractivity contribution in [3.63, 3.8) is 0 Å². The summed E-state index contributed by atoms with van der Waals surface area (Å²) in [6.45, 7) is 1.38. The highest BCUT2D eigenvalue weighted by Crippen LogP contribution is 2.27. The van der Waals surface area contributed by atoms with Crippen LogP contribution in [-0.4, -0.2) is 18.6 Å². The number of thiocarbonyl (C=S) groups is 1. The van der Waals surface area contributed by atoms with Crippen molar-refractivity contribution in [1.82, 2.24) is 0 Å². The van der Waals surface area contributed by atoms with Crippen molar-refractivity contribution < 1.29 is 13.6 Å². The van der Waals surface area contributed by atoms with Gasteiger partial charge in [0.1, 0.15) is 25.3 Å². The fraction of sp³-hybridized carbons (Fsp3) is 0.125. The number of rotatable bonds is 4. The Hall–Kier alpha value is -1.79. The summed E-state index contributed by atoms with van der Waals surface area (Å²) in [6.07, 6.45) is 0. The minimum Gasteiger partial charge on any atom is -0.346 e. The Balaban J connectivity index is 2.38. The Morgan fingerprint density at radius 3 is 2.57 bits per heavy atom. The number of hydrogen-bond acceptors (Lipinski definition) is 2. The Morgan fingerprint density at radius 1 is 1.30 bits per heavy atom. The van der Waals surface area contributed by atoms with Gasteiger partial charge in [0.2, 0.25) is 0 Å². The summed E-state index contributed by atoms with van der Waals surface area (Å²) >= 11 is 11.2. The van der Waals surface area contributed by atoms with E-state index in [0.717, 1.165) is 0 Å². The molecule has 23 heavy (non-hydrogen) atoms. The molecule has 0 radical (unpaired) electrons. The Morgan fingerprint density at radius 2 is 2.00 bits per heavy atom. The summed E-state index contributed by atoms with van der Waals surface area (Å²) in [4.78, 5) is 12.1. The molecule has 0 bridgehead atoms. The minimum atomic E-state index is -0.804. The van der Waals surface area contributed by atoms with Gasteiger partial charge in [0, 0.05) is 0 Å². The second-order valence-electron chi connectivity index (χ2n) is 5.13. The van der Waals surface area contributed by atoms with E-state index in [1.54, 1.807) is 7.85 Å². The maximum Gasteiger partial charge on any atom is 0.148 e. The lowest BCUT2D eigenvalue weighted by atomic mass is 9.82. The summed E-state index contributed by atoms with van der Waals surface area (Å²) in [7, 11) is 1.69. The summed E-state index contributed by atoms with van der Waals surface area (Å²) in [5, 5.41) is 2.87. The van der Waals surface area contributed by atoms with Crippen LogP contribution in [0.25, 0.3) is 0 Å². The molecule has 1 unspecified atom stereocenters. The van der Waals surface area contributed by atoms with Crippen LogP contribution in [-0.2, 0) is 4.79 Å². The topological polar surface area (TPSA) is 29.1 Å². The van der Waals surface area contributed by atoms with Crippen molar-refractivity contribution in [2.45, 2.75) is 12.8 Å². The smallest absolute Gasteiger partial charge is 0.148 e. The second-order valence-corrected chi connectivity index (χ2v) is 5.98. The van der Waals surface area contributed by atoms with Crippen molar-refractivity contribution in [3.8, 4) is 0 Å². The molecule has 0 spiro atoms. The van der Waals surface area contributed by atoms with Crippen LogP contribution in [0.5, 0.6) is 0 Å². The van der Waals surface area contributed by atoms with Crippen molar-refractivity contribution in [2.24, 2.45) is 0 Å². The summed E-state index contributed by atoms with van der Waals surface area (Å²) in [5.41, 5.74) is 1.18. The third-order valence-electron chi connectivity index (χ3n) is 3.42. The Labute approximate surface area is 144 Å². The van der Waals surface area contributed by atoms with Crippen LogP contribution in [0.1, 0.15) is 18.4 Å². The molecule has 2 rings (SSSR count). The van der Waals surface area contributed by atoms with E-state index < -0.39 is 17.6 Å². The monoisotopic (exact) mass is 351 g/mol. The van der Waals surface area contributed by atoms with Gasteiger partial charge in [0.05, 0.1) is 21.6 Å². The van der Waals surface area contributed by atoms with Crippen molar-refractivity contribution in [1.29, 1.82) is 0 Å². The quantitative estimate of drug-likeness (QED) is 0.678. The highest BCUT2D eigenvalue weighted by molar-refractivity contribution is 7.80. The minimum absolute atomic E-state index is 0.0187. The summed E-state index contributed by atoms with van der Waals surface area (Å²) in [6, 6.07) is 8.32. The fourth-order valence-electron chi connectivity index (χ4n) is 2.32. The molecule has 0 heterocycles. The van der Waals surface area contributed by atoms with E-state index in [2.05, 4.69) is 5.32 Å². The molecular formula is C16H13BClF2NOS. The molecule has 2 nitrogen and oxygen atoms in total. The third-order valence-corrected chi connectivity index (χ3v) is 4.08. The SMILES string of the molecule is Bc1cc(F)ccc1C(C(C)=O)C(=S)Nc1c(F)cccc1Cl. The van der Waals surface area contributed by atoms with Crippen LogP contribution < -0.4 is 10.8 Å². The maximum atomic E-state index is 13.9. The Kier molecular flexibility index (Phi) is 5.49. The molecule has 0 aliphatic heterocycles. The van der Waals surface area contributed by atoms with Crippen molar-refractivity contribution in [3.05, 3.63) is 58.6 Å². The number of carbonyl (C=O) groups excluding carboxylic acids is 1. The van der Waals surface area contributed by atoms with Crippen molar-refractivity contribution in [2.75, 3.05) is 5.32 Å². The zero-order chi connectivity index (χ0) is 17.1. The average Bonchev–Trinajstić information content (AvgIpc) is 2.45. The van der Waals surface area contributed by atoms with E-state index in [-0.39, 0.29) is 21.5 Å². The van der Waals surface area contributed by atoms with Crippen LogP contribution in [0, 0.1) is 11.6 Å². The molecule has 0 aliphatic rings. The van der Waals surface area contributed by atoms with Gasteiger partial charge in [-0.1, -0.05) is 41.4 Å². The van der Waals surface area contributed by atoms with Crippen molar-refractivity contribution >= 4 is 53.6 Å². The van der Waals surface area contributed by atoms with Gasteiger partial charge in [-0.2, -0.15) is 0 Å². The van der Waals surface area contributed by atoms with Gasteiger partial charge in [-0.3, -0.25) is 4.79 Å². The van der Waals surface area contributed by atoms with E-state index in [4.69, 9.17) is 23.8 Å². The molecule has 2 aromatic carbocycles. The Bertz CT molecular complexity index is 764. The average molecular weight is 352 g/mol. The molecule has 0 saturated heterocycles. The molecule has 1 atom stereocenters. The normalized spacial score (nSPS) is 11.8. The lowest BCUT2D eigenvalue weighted by molar-refractivity contribution is -0.117. The molecule has 0 aromatic heterocycles. The first kappa shape index (κ1) is 17.6. The highest BCUT2D eigenvalue weighted by atomic mass is 35.5. The van der Waals surface area contributed by atoms with Gasteiger partial charge in [0.25, 0.3) is 0 Å². The molecule has 0 amide bonds. The van der Waals surface area contributed by atoms with E-state index in [1.807, 2.05) is 0 Å². The van der Waals surface area contributed by atoms with Crippen LogP contribution in [0.15, 0.2) is 36.4 Å². The van der Waals surface area contributed by atoms with E-state index in [0.29, 0.717) is 11.0 Å². The summed E-state index contributed by atoms with van der Waals surface area (Å²) < 4.78 is 27.1. The van der Waals surface area contributed by atoms with Gasteiger partial charge in [0.15, 0.2) is 0 Å². The first-order chi connectivity index (χ1) is 10.8. The number of anilines is 1. The zero-order valence-electron chi connectivity index (χ0n) is 12.5. The van der Waals surface area contributed by atoms with E-state index in [1.165, 1.54) is 43.3 Å². The number of Topliss-reactive ketones (excluding diaryl/α,β-unsaturated/α-hetero) is 1. The molecule has 2 aromatic rings. The van der Waals surface area contributed by atoms with E-state index >= 15 is 0 Å². The predicted molar refractivity (Wildman–Crippen MR) is 95.6 cm³/mol. The maximum absolute atomic E-state index is 13.9. The van der Waals surface area contributed by atoms with Gasteiger partial charge >= 0.3 is 0 Å². The number of carbonyl (C=O) groups is 1. The van der Waals surface area contributed by atoms with Crippen LogP contribution >= 0.6 is 23.8 Å². The van der Waals surface area contributed by atoms with Gasteiger partial charge in [-0.15, -0.1) is 0 Å². The number of ketones is 1. The molecule has 0 fully saturated rings. The number of hydrogen-bond donors (Lipinski definition) is 1. The first-order valence-electron chi connectivity index (χ1n) is 6.82. The number of nitrogens with one attached hydrogen (secondary N) is 1. The molecular weight excluding hydrogens is 339 g/mol. The second kappa shape index (κ2) is 7.19. The third kappa shape index (κ3) is 3.95. The zero-order valence-corrected chi connectivity index (χ0v) is 14.1. The fourth-order valence-corrected chi connectivity index (χ4v) is 2.93. The molecule has 118 valence electrons. The largest absolute Gasteiger partial charge is 0.346 e. The molecule has 7 heteroatoms. The lowest BCUT2D eigenvalue weighted by Gasteiger charge is -2.20.